The minimum Gasteiger partial charge on any atom is -0.358 e. The van der Waals surface area contributed by atoms with Crippen LogP contribution in [0, 0.1) is 10.1 Å². The van der Waals surface area contributed by atoms with Crippen molar-refractivity contribution >= 4 is 15.7 Å². The number of hydrogen-bond acceptors (Lipinski definition) is 7. The SMILES string of the molecule is CCCS(=O)(=O)c1nnc(-c2ncc([N+](=O)[O-])n2C)n1C. The van der Waals surface area contributed by atoms with Gasteiger partial charge in [-0.2, -0.15) is 0 Å². The zero-order valence-electron chi connectivity index (χ0n) is 11.7. The molecule has 0 atom stereocenters. The van der Waals surface area contributed by atoms with Gasteiger partial charge < -0.3 is 10.1 Å². The summed E-state index contributed by atoms with van der Waals surface area (Å²) in [5, 5.41) is 18.1. The Morgan fingerprint density at radius 2 is 1.90 bits per heavy atom. The first kappa shape index (κ1) is 15.1. The van der Waals surface area contributed by atoms with Crippen molar-refractivity contribution in [1.82, 2.24) is 24.3 Å². The van der Waals surface area contributed by atoms with E-state index < -0.39 is 14.8 Å². The molecule has 0 bridgehead atoms. The number of nitrogens with zero attached hydrogens (tertiary/aromatic N) is 6. The Labute approximate surface area is 120 Å². The van der Waals surface area contributed by atoms with Crippen molar-refractivity contribution in [1.29, 1.82) is 0 Å². The molecule has 2 aromatic rings. The van der Waals surface area contributed by atoms with Gasteiger partial charge in [0.2, 0.25) is 20.8 Å². The summed E-state index contributed by atoms with van der Waals surface area (Å²) in [5.41, 5.74) is 0. The van der Waals surface area contributed by atoms with Gasteiger partial charge in [0.05, 0.1) is 12.8 Å². The molecule has 2 heterocycles. The second kappa shape index (κ2) is 5.24. The maximum atomic E-state index is 12.0. The fraction of sp³-hybridized carbons (Fsp3) is 0.500. The van der Waals surface area contributed by atoms with Crippen LogP contribution in [0.25, 0.3) is 11.6 Å². The highest BCUT2D eigenvalue weighted by Crippen LogP contribution is 2.22. The number of rotatable bonds is 5. The maximum absolute atomic E-state index is 12.0. The van der Waals surface area contributed by atoms with Crippen molar-refractivity contribution in [2.24, 2.45) is 14.1 Å². The van der Waals surface area contributed by atoms with E-state index in [0.717, 1.165) is 6.20 Å². The van der Waals surface area contributed by atoms with Crippen LogP contribution in [-0.2, 0) is 23.9 Å². The summed E-state index contributed by atoms with van der Waals surface area (Å²) in [4.78, 5) is 14.1. The van der Waals surface area contributed by atoms with E-state index >= 15 is 0 Å². The Kier molecular flexibility index (Phi) is 3.77. The Morgan fingerprint density at radius 1 is 1.24 bits per heavy atom. The Bertz CT molecular complexity index is 791. The number of imidazole rings is 1. The molecule has 0 N–H and O–H groups in total. The first-order valence-electron chi connectivity index (χ1n) is 6.08. The third-order valence-corrected chi connectivity index (χ3v) is 4.79. The molecule has 114 valence electrons. The van der Waals surface area contributed by atoms with Crippen LogP contribution < -0.4 is 0 Å². The van der Waals surface area contributed by atoms with Crippen LogP contribution >= 0.6 is 0 Å². The summed E-state index contributed by atoms with van der Waals surface area (Å²) in [6.07, 6.45) is 1.54. The predicted octanol–water partition coefficient (Wildman–Crippen LogP) is 0.307. The van der Waals surface area contributed by atoms with Crippen molar-refractivity contribution in [3.05, 3.63) is 16.3 Å². The lowest BCUT2D eigenvalue weighted by molar-refractivity contribution is -0.391. The molecule has 0 radical (unpaired) electrons. The number of aromatic nitrogens is 5. The van der Waals surface area contributed by atoms with E-state index in [1.54, 1.807) is 6.92 Å². The van der Waals surface area contributed by atoms with Crippen LogP contribution in [0.3, 0.4) is 0 Å². The maximum Gasteiger partial charge on any atom is 0.343 e. The average Bonchev–Trinajstić information content (AvgIpc) is 2.92. The number of sulfone groups is 1. The molecular weight excluding hydrogens is 300 g/mol. The van der Waals surface area contributed by atoms with Gasteiger partial charge in [-0.05, 0) is 11.3 Å². The second-order valence-corrected chi connectivity index (χ2v) is 6.44. The van der Waals surface area contributed by atoms with Gasteiger partial charge in [-0.3, -0.25) is 4.57 Å². The molecule has 0 fully saturated rings. The van der Waals surface area contributed by atoms with Gasteiger partial charge in [-0.1, -0.05) is 6.92 Å². The monoisotopic (exact) mass is 314 g/mol. The van der Waals surface area contributed by atoms with Crippen LogP contribution in [0.15, 0.2) is 11.4 Å². The average molecular weight is 314 g/mol. The molecule has 0 saturated carbocycles. The van der Waals surface area contributed by atoms with E-state index in [1.807, 2.05) is 0 Å². The zero-order valence-corrected chi connectivity index (χ0v) is 12.5. The van der Waals surface area contributed by atoms with Gasteiger partial charge in [-0.15, -0.1) is 10.2 Å². The smallest absolute Gasteiger partial charge is 0.343 e. The molecule has 2 rings (SSSR count). The molecule has 0 unspecified atom stereocenters. The lowest BCUT2D eigenvalue weighted by Gasteiger charge is -2.03. The molecule has 0 aliphatic rings. The summed E-state index contributed by atoms with van der Waals surface area (Å²) in [7, 11) is -0.594. The van der Waals surface area contributed by atoms with E-state index in [1.165, 1.54) is 23.2 Å². The summed E-state index contributed by atoms with van der Waals surface area (Å²) in [5.74, 6) is 0.0700. The fourth-order valence-corrected chi connectivity index (χ4v) is 3.31. The third kappa shape index (κ3) is 2.51. The summed E-state index contributed by atoms with van der Waals surface area (Å²) < 4.78 is 26.6. The van der Waals surface area contributed by atoms with Gasteiger partial charge in [-0.25, -0.2) is 18.0 Å². The molecule has 11 heteroatoms. The Morgan fingerprint density at radius 3 is 2.43 bits per heavy atom. The summed E-state index contributed by atoms with van der Waals surface area (Å²) >= 11 is 0. The molecule has 0 aromatic carbocycles. The second-order valence-electron chi connectivity index (χ2n) is 4.44. The molecule has 0 aliphatic heterocycles. The van der Waals surface area contributed by atoms with Gasteiger partial charge in [0.15, 0.2) is 0 Å². The lowest BCUT2D eigenvalue weighted by Crippen LogP contribution is -2.12. The molecule has 21 heavy (non-hydrogen) atoms. The molecular formula is C10H14N6O4S. The first-order valence-corrected chi connectivity index (χ1v) is 7.73. The minimum absolute atomic E-state index is 0.0420. The summed E-state index contributed by atoms with van der Waals surface area (Å²) in [6, 6.07) is 0. The van der Waals surface area contributed by atoms with E-state index in [0.29, 0.717) is 6.42 Å². The van der Waals surface area contributed by atoms with Crippen LogP contribution in [0.5, 0.6) is 0 Å². The third-order valence-electron chi connectivity index (χ3n) is 2.94. The van der Waals surface area contributed by atoms with E-state index in [9.17, 15) is 18.5 Å². The topological polar surface area (TPSA) is 126 Å². The molecule has 0 saturated heterocycles. The normalized spacial score (nSPS) is 11.8. The van der Waals surface area contributed by atoms with Gasteiger partial charge in [0, 0.05) is 7.05 Å². The van der Waals surface area contributed by atoms with Crippen LogP contribution in [0.2, 0.25) is 0 Å². The van der Waals surface area contributed by atoms with Crippen molar-refractivity contribution in [3.8, 4) is 11.6 Å². The van der Waals surface area contributed by atoms with Crippen molar-refractivity contribution < 1.29 is 13.3 Å². The Balaban J connectivity index is 2.54. The van der Waals surface area contributed by atoms with Crippen molar-refractivity contribution in [3.63, 3.8) is 0 Å². The molecule has 0 aliphatic carbocycles. The molecule has 0 spiro atoms. The minimum atomic E-state index is -3.53. The van der Waals surface area contributed by atoms with Gasteiger partial charge in [0.1, 0.15) is 6.20 Å². The van der Waals surface area contributed by atoms with Crippen LogP contribution in [-0.4, -0.2) is 43.4 Å². The largest absolute Gasteiger partial charge is 0.358 e. The highest BCUT2D eigenvalue weighted by Gasteiger charge is 2.27. The summed E-state index contributed by atoms with van der Waals surface area (Å²) in [6.45, 7) is 1.75. The van der Waals surface area contributed by atoms with Crippen molar-refractivity contribution in [2.45, 2.75) is 18.5 Å². The Hall–Kier alpha value is -2.30. The lowest BCUT2D eigenvalue weighted by atomic mass is 10.5. The highest BCUT2D eigenvalue weighted by atomic mass is 32.2. The first-order chi connectivity index (χ1) is 9.79. The van der Waals surface area contributed by atoms with Crippen molar-refractivity contribution in [2.75, 3.05) is 5.75 Å². The highest BCUT2D eigenvalue weighted by molar-refractivity contribution is 7.91. The van der Waals surface area contributed by atoms with E-state index in [-0.39, 0.29) is 28.4 Å². The van der Waals surface area contributed by atoms with E-state index in [2.05, 4.69) is 15.2 Å². The number of nitro groups is 1. The van der Waals surface area contributed by atoms with E-state index in [4.69, 9.17) is 0 Å². The molecule has 2 aromatic heterocycles. The van der Waals surface area contributed by atoms with Gasteiger partial charge in [0.25, 0.3) is 5.82 Å². The fourth-order valence-electron chi connectivity index (χ4n) is 1.92. The standard InChI is InChI=1S/C10H14N6O4S/c1-4-5-21(19,20)10-13-12-9(15(10)3)8-11-6-7(14(8)2)16(17)18/h6H,4-5H2,1-3H3. The predicted molar refractivity (Wildman–Crippen MR) is 72.2 cm³/mol. The molecule has 0 amide bonds. The quantitative estimate of drug-likeness (QED) is 0.574. The van der Waals surface area contributed by atoms with Crippen LogP contribution in [0.4, 0.5) is 5.82 Å². The zero-order chi connectivity index (χ0) is 15.8. The van der Waals surface area contributed by atoms with Gasteiger partial charge >= 0.3 is 5.82 Å². The number of hydrogen-bond donors (Lipinski definition) is 0. The molecule has 10 nitrogen and oxygen atoms in total. The van der Waals surface area contributed by atoms with Crippen LogP contribution in [0.1, 0.15) is 13.3 Å².